The lowest BCUT2D eigenvalue weighted by molar-refractivity contribution is 0.430. The van der Waals surface area contributed by atoms with Crippen LogP contribution in [-0.2, 0) is 6.42 Å². The highest BCUT2D eigenvalue weighted by atomic mass is 19.1. The van der Waals surface area contributed by atoms with Crippen molar-refractivity contribution in [3.8, 4) is 11.5 Å². The summed E-state index contributed by atoms with van der Waals surface area (Å²) in [5, 5.41) is 0. The Bertz CT molecular complexity index is 570. The molecule has 1 aromatic heterocycles. The zero-order chi connectivity index (χ0) is 13.8. The summed E-state index contributed by atoms with van der Waals surface area (Å²) in [5.74, 6) is 0.399. The number of rotatable bonds is 4. The average molecular weight is 260 g/mol. The number of nitrogens with zero attached hydrogens (tertiary/aromatic N) is 1. The van der Waals surface area contributed by atoms with Crippen molar-refractivity contribution >= 4 is 0 Å². The molecule has 0 radical (unpaired) electrons. The second-order valence-electron chi connectivity index (χ2n) is 4.60. The zero-order valence-corrected chi connectivity index (χ0v) is 11.1. The van der Waals surface area contributed by atoms with Crippen molar-refractivity contribution in [2.75, 3.05) is 0 Å². The smallest absolute Gasteiger partial charge is 0.166 e. The first-order chi connectivity index (χ1) is 9.08. The maximum atomic E-state index is 13.9. The maximum absolute atomic E-state index is 13.9. The van der Waals surface area contributed by atoms with E-state index in [-0.39, 0.29) is 17.6 Å². The largest absolute Gasteiger partial charge is 0.452 e. The van der Waals surface area contributed by atoms with Gasteiger partial charge in [-0.25, -0.2) is 4.39 Å². The van der Waals surface area contributed by atoms with Crippen LogP contribution in [0.3, 0.4) is 0 Å². The molecule has 2 aromatic rings. The fourth-order valence-electron chi connectivity index (χ4n) is 1.86. The highest BCUT2D eigenvalue weighted by Crippen LogP contribution is 2.30. The van der Waals surface area contributed by atoms with Gasteiger partial charge in [0.05, 0.1) is 5.69 Å². The van der Waals surface area contributed by atoms with E-state index in [0.717, 1.165) is 11.3 Å². The Balaban J connectivity index is 2.36. The van der Waals surface area contributed by atoms with E-state index in [9.17, 15) is 4.39 Å². The number of ether oxygens (including phenoxy) is 1. The van der Waals surface area contributed by atoms with Gasteiger partial charge in [-0.05, 0) is 44.0 Å². The molecule has 1 aromatic carbocycles. The van der Waals surface area contributed by atoms with Crippen LogP contribution in [-0.4, -0.2) is 11.0 Å². The Morgan fingerprint density at radius 2 is 2.11 bits per heavy atom. The van der Waals surface area contributed by atoms with Crippen LogP contribution in [0.1, 0.15) is 18.2 Å². The molecule has 19 heavy (non-hydrogen) atoms. The summed E-state index contributed by atoms with van der Waals surface area (Å²) in [7, 11) is 0. The minimum Gasteiger partial charge on any atom is -0.452 e. The third kappa shape index (κ3) is 3.29. The lowest BCUT2D eigenvalue weighted by Gasteiger charge is -2.14. The number of nitrogens with two attached hydrogens (primary N) is 1. The van der Waals surface area contributed by atoms with E-state index < -0.39 is 0 Å². The van der Waals surface area contributed by atoms with Crippen LogP contribution in [0.15, 0.2) is 36.5 Å². The van der Waals surface area contributed by atoms with Gasteiger partial charge in [0.2, 0.25) is 0 Å². The third-order valence-electron chi connectivity index (χ3n) is 2.76. The SMILES string of the molecule is Cc1ncccc1Oc1c(F)cccc1CC(C)N. The van der Waals surface area contributed by atoms with Gasteiger partial charge in [0.1, 0.15) is 5.75 Å². The molecule has 1 heterocycles. The Morgan fingerprint density at radius 3 is 2.79 bits per heavy atom. The van der Waals surface area contributed by atoms with E-state index >= 15 is 0 Å². The quantitative estimate of drug-likeness (QED) is 0.918. The van der Waals surface area contributed by atoms with Gasteiger partial charge < -0.3 is 10.5 Å². The van der Waals surface area contributed by atoms with Crippen molar-refractivity contribution < 1.29 is 9.13 Å². The number of aromatic nitrogens is 1. The van der Waals surface area contributed by atoms with Crippen molar-refractivity contribution in [3.05, 3.63) is 53.6 Å². The standard InChI is InChI=1S/C15H17FN2O/c1-10(17)9-12-5-3-6-13(16)15(12)19-14-7-4-8-18-11(14)2/h3-8,10H,9,17H2,1-2H3. The van der Waals surface area contributed by atoms with Crippen molar-refractivity contribution in [2.45, 2.75) is 26.3 Å². The number of hydrogen-bond acceptors (Lipinski definition) is 3. The molecule has 100 valence electrons. The normalized spacial score (nSPS) is 12.2. The molecule has 0 saturated heterocycles. The fourth-order valence-corrected chi connectivity index (χ4v) is 1.86. The second kappa shape index (κ2) is 5.80. The van der Waals surface area contributed by atoms with E-state index in [1.165, 1.54) is 6.07 Å². The summed E-state index contributed by atoms with van der Waals surface area (Å²) in [6, 6.07) is 8.34. The zero-order valence-electron chi connectivity index (χ0n) is 11.1. The van der Waals surface area contributed by atoms with Gasteiger partial charge in [-0.15, -0.1) is 0 Å². The lowest BCUT2D eigenvalue weighted by atomic mass is 10.1. The molecule has 0 amide bonds. The molecule has 1 unspecified atom stereocenters. The molecular weight excluding hydrogens is 243 g/mol. The molecule has 0 fully saturated rings. The molecule has 0 spiro atoms. The summed E-state index contributed by atoms with van der Waals surface area (Å²) in [6.07, 6.45) is 2.23. The number of halogens is 1. The molecular formula is C15H17FN2O. The average Bonchev–Trinajstić information content (AvgIpc) is 2.35. The first-order valence-electron chi connectivity index (χ1n) is 6.20. The molecule has 0 bridgehead atoms. The molecule has 3 nitrogen and oxygen atoms in total. The van der Waals surface area contributed by atoms with Crippen LogP contribution in [0.5, 0.6) is 11.5 Å². The van der Waals surface area contributed by atoms with Gasteiger partial charge in [-0.2, -0.15) is 0 Å². The number of hydrogen-bond donors (Lipinski definition) is 1. The van der Waals surface area contributed by atoms with E-state index in [4.69, 9.17) is 10.5 Å². The predicted molar refractivity (Wildman–Crippen MR) is 72.8 cm³/mol. The van der Waals surface area contributed by atoms with E-state index in [1.54, 1.807) is 24.4 Å². The van der Waals surface area contributed by atoms with E-state index in [1.807, 2.05) is 19.9 Å². The summed E-state index contributed by atoms with van der Waals surface area (Å²) in [4.78, 5) is 4.12. The maximum Gasteiger partial charge on any atom is 0.166 e. The van der Waals surface area contributed by atoms with E-state index in [0.29, 0.717) is 12.2 Å². The Kier molecular flexibility index (Phi) is 4.12. The van der Waals surface area contributed by atoms with E-state index in [2.05, 4.69) is 4.98 Å². The number of benzene rings is 1. The molecule has 0 saturated carbocycles. The molecule has 0 aliphatic carbocycles. The van der Waals surface area contributed by atoms with Crippen molar-refractivity contribution in [1.82, 2.24) is 4.98 Å². The highest BCUT2D eigenvalue weighted by Gasteiger charge is 2.13. The van der Waals surface area contributed by atoms with Crippen LogP contribution >= 0.6 is 0 Å². The number of aryl methyl sites for hydroxylation is 1. The van der Waals surface area contributed by atoms with Crippen molar-refractivity contribution in [3.63, 3.8) is 0 Å². The van der Waals surface area contributed by atoms with Gasteiger partial charge in [-0.3, -0.25) is 4.98 Å². The van der Waals surface area contributed by atoms with Crippen molar-refractivity contribution in [2.24, 2.45) is 5.73 Å². The Hall–Kier alpha value is -1.94. The molecule has 0 aliphatic rings. The monoisotopic (exact) mass is 260 g/mol. The minimum absolute atomic E-state index is 0.0563. The van der Waals surface area contributed by atoms with Crippen molar-refractivity contribution in [1.29, 1.82) is 0 Å². The lowest BCUT2D eigenvalue weighted by Crippen LogP contribution is -2.18. The molecule has 2 rings (SSSR count). The summed E-state index contributed by atoms with van der Waals surface area (Å²) >= 11 is 0. The summed E-state index contributed by atoms with van der Waals surface area (Å²) < 4.78 is 19.6. The fraction of sp³-hybridized carbons (Fsp3) is 0.267. The van der Waals surface area contributed by atoms with Crippen LogP contribution < -0.4 is 10.5 Å². The molecule has 2 N–H and O–H groups in total. The van der Waals surface area contributed by atoms with Gasteiger partial charge in [-0.1, -0.05) is 12.1 Å². The van der Waals surface area contributed by atoms with Gasteiger partial charge in [0, 0.05) is 12.2 Å². The van der Waals surface area contributed by atoms with Crippen LogP contribution in [0.25, 0.3) is 0 Å². The van der Waals surface area contributed by atoms with Crippen LogP contribution in [0.4, 0.5) is 4.39 Å². The number of pyridine rings is 1. The number of para-hydroxylation sites is 1. The topological polar surface area (TPSA) is 48.1 Å². The minimum atomic E-state index is -0.388. The molecule has 0 aliphatic heterocycles. The third-order valence-corrected chi connectivity index (χ3v) is 2.76. The second-order valence-corrected chi connectivity index (χ2v) is 4.60. The Morgan fingerprint density at radius 1 is 1.32 bits per heavy atom. The first-order valence-corrected chi connectivity index (χ1v) is 6.20. The Labute approximate surface area is 112 Å². The molecule has 4 heteroatoms. The van der Waals surface area contributed by atoms with Crippen LogP contribution in [0, 0.1) is 12.7 Å². The van der Waals surface area contributed by atoms with Gasteiger partial charge >= 0.3 is 0 Å². The summed E-state index contributed by atoms with van der Waals surface area (Å²) in [5.41, 5.74) is 7.26. The van der Waals surface area contributed by atoms with Gasteiger partial charge in [0.15, 0.2) is 11.6 Å². The van der Waals surface area contributed by atoms with Crippen LogP contribution in [0.2, 0.25) is 0 Å². The predicted octanol–water partition coefficient (Wildman–Crippen LogP) is 3.21. The first kappa shape index (κ1) is 13.5. The van der Waals surface area contributed by atoms with Gasteiger partial charge in [0.25, 0.3) is 0 Å². The highest BCUT2D eigenvalue weighted by molar-refractivity contribution is 5.40. The summed E-state index contributed by atoms with van der Waals surface area (Å²) in [6.45, 7) is 3.70. The molecule has 1 atom stereocenters.